The molecular formula is C35H40BrNO4. The van der Waals surface area contributed by atoms with Gasteiger partial charge in [-0.05, 0) is 105 Å². The summed E-state index contributed by atoms with van der Waals surface area (Å²) in [5.41, 5.74) is 2.81. The summed E-state index contributed by atoms with van der Waals surface area (Å²) >= 11 is 3.63. The van der Waals surface area contributed by atoms with Gasteiger partial charge < -0.3 is 14.4 Å². The first kappa shape index (κ1) is 28.4. The standard InChI is InChI=1S/C35H40BrNO4/c36-28-13-15-33-30(21-28)25(22-35(41-33)17-6-18-35)11-14-31(38)27(19-24-7-2-1-3-8-24)20-32(39)26-12-16-34(40)37(23-26)29-9-4-5-10-29/h1-3,7-8,12-13,15-16,21,23,25,27,29,31,38H,4-6,9-11,14,17-20,22H2/t25-,27+,31+/m0/s1. The first-order chi connectivity index (χ1) is 19.9. The number of nitrogens with zero attached hydrogens (tertiary/aromatic N) is 1. The first-order valence-corrected chi connectivity index (χ1v) is 16.1. The highest BCUT2D eigenvalue weighted by atomic mass is 79.9. The summed E-state index contributed by atoms with van der Waals surface area (Å²) in [5.74, 6) is 1.07. The Bertz CT molecular complexity index is 1420. The van der Waals surface area contributed by atoms with Crippen LogP contribution in [0.5, 0.6) is 5.75 Å². The smallest absolute Gasteiger partial charge is 0.250 e. The predicted octanol–water partition coefficient (Wildman–Crippen LogP) is 7.79. The molecule has 0 amide bonds. The van der Waals surface area contributed by atoms with Crippen LogP contribution in [0.1, 0.15) is 104 Å². The lowest BCUT2D eigenvalue weighted by Gasteiger charge is -2.48. The van der Waals surface area contributed by atoms with Gasteiger partial charge in [0.15, 0.2) is 5.78 Å². The zero-order chi connectivity index (χ0) is 28.4. The molecule has 1 spiro atoms. The van der Waals surface area contributed by atoms with Crippen LogP contribution in [0.3, 0.4) is 0 Å². The van der Waals surface area contributed by atoms with Gasteiger partial charge in [0.05, 0.1) is 6.10 Å². The van der Waals surface area contributed by atoms with E-state index in [0.717, 1.165) is 67.2 Å². The Hall–Kier alpha value is -2.70. The molecule has 3 atom stereocenters. The number of aliphatic hydroxyl groups is 1. The number of carbonyl (C=O) groups is 1. The molecule has 3 aliphatic rings. The molecule has 2 fully saturated rings. The number of hydrogen-bond acceptors (Lipinski definition) is 4. The molecule has 2 heterocycles. The molecule has 1 N–H and O–H groups in total. The van der Waals surface area contributed by atoms with Crippen molar-refractivity contribution in [2.24, 2.45) is 5.92 Å². The number of carbonyl (C=O) groups excluding carboxylic acids is 1. The topological polar surface area (TPSA) is 68.5 Å². The number of aromatic nitrogens is 1. The van der Waals surface area contributed by atoms with Gasteiger partial charge in [0, 0.05) is 34.8 Å². The summed E-state index contributed by atoms with van der Waals surface area (Å²) in [5, 5.41) is 11.6. The molecule has 1 aromatic heterocycles. The van der Waals surface area contributed by atoms with Crippen molar-refractivity contribution in [1.82, 2.24) is 4.57 Å². The number of aliphatic hydroxyl groups excluding tert-OH is 1. The van der Waals surface area contributed by atoms with Crippen LogP contribution in [-0.4, -0.2) is 27.2 Å². The van der Waals surface area contributed by atoms with Crippen LogP contribution in [0.25, 0.3) is 0 Å². The zero-order valence-corrected chi connectivity index (χ0v) is 25.2. The number of fused-ring (bicyclic) bond motifs is 1. The third kappa shape index (κ3) is 6.39. The highest BCUT2D eigenvalue weighted by Crippen LogP contribution is 2.51. The maximum Gasteiger partial charge on any atom is 0.250 e. The van der Waals surface area contributed by atoms with Gasteiger partial charge in [-0.25, -0.2) is 0 Å². The maximum atomic E-state index is 13.6. The Morgan fingerprint density at radius 1 is 1.05 bits per heavy atom. The molecule has 3 aromatic rings. The Labute approximate surface area is 251 Å². The normalized spacial score (nSPS) is 21.1. The summed E-state index contributed by atoms with van der Waals surface area (Å²) in [7, 11) is 0. The van der Waals surface area contributed by atoms with Crippen LogP contribution < -0.4 is 10.3 Å². The van der Waals surface area contributed by atoms with Gasteiger partial charge in [-0.15, -0.1) is 0 Å². The van der Waals surface area contributed by atoms with E-state index >= 15 is 0 Å². The van der Waals surface area contributed by atoms with Crippen LogP contribution in [0.15, 0.2) is 76.1 Å². The SMILES string of the molecule is O=C(C[C@@H](Cc1ccccc1)[C@H](O)CC[C@H]1CC2(CCC2)Oc2ccc(Br)cc21)c1ccc(=O)n(C2CCCC2)c1. The largest absolute Gasteiger partial charge is 0.487 e. The van der Waals surface area contributed by atoms with Gasteiger partial charge in [-0.2, -0.15) is 0 Å². The Kier molecular flexibility index (Phi) is 8.50. The molecule has 6 heteroatoms. The van der Waals surface area contributed by atoms with E-state index in [2.05, 4.69) is 40.2 Å². The average Bonchev–Trinajstić information content (AvgIpc) is 3.50. The number of ketones is 1. The van der Waals surface area contributed by atoms with E-state index < -0.39 is 6.10 Å². The van der Waals surface area contributed by atoms with Crippen molar-refractivity contribution in [3.63, 3.8) is 0 Å². The predicted molar refractivity (Wildman–Crippen MR) is 165 cm³/mol. The zero-order valence-electron chi connectivity index (χ0n) is 23.6. The van der Waals surface area contributed by atoms with Crippen molar-refractivity contribution in [1.29, 1.82) is 0 Å². The van der Waals surface area contributed by atoms with Gasteiger partial charge in [-0.3, -0.25) is 9.59 Å². The first-order valence-electron chi connectivity index (χ1n) is 15.3. The fraction of sp³-hybridized carbons (Fsp3) is 0.486. The van der Waals surface area contributed by atoms with Crippen molar-refractivity contribution in [2.45, 2.75) is 101 Å². The third-order valence-electron chi connectivity index (χ3n) is 9.74. The fourth-order valence-electron chi connectivity index (χ4n) is 7.26. The Balaban J connectivity index is 1.19. The van der Waals surface area contributed by atoms with E-state index in [1.807, 2.05) is 24.3 Å². The number of benzene rings is 2. The van der Waals surface area contributed by atoms with E-state index in [-0.39, 0.29) is 35.3 Å². The summed E-state index contributed by atoms with van der Waals surface area (Å²) in [6.45, 7) is 0. The molecule has 1 aliphatic heterocycles. The molecule has 0 unspecified atom stereocenters. The van der Waals surface area contributed by atoms with Crippen molar-refractivity contribution in [2.75, 3.05) is 0 Å². The summed E-state index contributed by atoms with van der Waals surface area (Å²) < 4.78 is 9.28. The molecule has 41 heavy (non-hydrogen) atoms. The molecule has 0 radical (unpaired) electrons. The second-order valence-electron chi connectivity index (χ2n) is 12.5. The van der Waals surface area contributed by atoms with Crippen molar-refractivity contribution < 1.29 is 14.6 Å². The van der Waals surface area contributed by atoms with Crippen LogP contribution in [-0.2, 0) is 6.42 Å². The monoisotopic (exact) mass is 617 g/mol. The maximum absolute atomic E-state index is 13.6. The molecule has 0 saturated heterocycles. The number of pyridine rings is 1. The van der Waals surface area contributed by atoms with Crippen LogP contribution in [0.2, 0.25) is 0 Å². The number of hydrogen-bond donors (Lipinski definition) is 1. The number of halogens is 1. The number of ether oxygens (including phenoxy) is 1. The Morgan fingerprint density at radius 2 is 1.83 bits per heavy atom. The van der Waals surface area contributed by atoms with Gasteiger partial charge in [-0.1, -0.05) is 59.1 Å². The number of rotatable bonds is 10. The molecule has 2 saturated carbocycles. The van der Waals surface area contributed by atoms with Gasteiger partial charge in [0.1, 0.15) is 11.4 Å². The molecule has 2 aliphatic carbocycles. The van der Waals surface area contributed by atoms with E-state index in [1.165, 1.54) is 18.1 Å². The molecule has 216 valence electrons. The van der Waals surface area contributed by atoms with Crippen LogP contribution >= 0.6 is 15.9 Å². The lowest BCUT2D eigenvalue weighted by molar-refractivity contribution is -0.0359. The van der Waals surface area contributed by atoms with Crippen molar-refractivity contribution >= 4 is 21.7 Å². The molecule has 5 nitrogen and oxygen atoms in total. The quantitative estimate of drug-likeness (QED) is 0.236. The summed E-state index contributed by atoms with van der Waals surface area (Å²) in [6.07, 6.45) is 12.1. The summed E-state index contributed by atoms with van der Waals surface area (Å²) in [4.78, 5) is 26.2. The fourth-order valence-corrected chi connectivity index (χ4v) is 7.64. The van der Waals surface area contributed by atoms with E-state index in [0.29, 0.717) is 24.3 Å². The Morgan fingerprint density at radius 3 is 2.56 bits per heavy atom. The lowest BCUT2D eigenvalue weighted by Crippen LogP contribution is -2.47. The second-order valence-corrected chi connectivity index (χ2v) is 13.5. The highest BCUT2D eigenvalue weighted by molar-refractivity contribution is 9.10. The minimum absolute atomic E-state index is 0.00880. The van der Waals surface area contributed by atoms with Crippen molar-refractivity contribution in [3.05, 3.63) is 98.4 Å². The van der Waals surface area contributed by atoms with E-state index in [9.17, 15) is 14.7 Å². The minimum Gasteiger partial charge on any atom is -0.487 e. The highest BCUT2D eigenvalue weighted by Gasteiger charge is 2.45. The lowest BCUT2D eigenvalue weighted by atomic mass is 9.69. The van der Waals surface area contributed by atoms with Gasteiger partial charge in [0.2, 0.25) is 0 Å². The minimum atomic E-state index is -0.615. The summed E-state index contributed by atoms with van der Waals surface area (Å²) in [6, 6.07) is 19.8. The van der Waals surface area contributed by atoms with E-state index in [1.54, 1.807) is 16.8 Å². The third-order valence-corrected chi connectivity index (χ3v) is 10.2. The molecule has 0 bridgehead atoms. The molecule has 6 rings (SSSR count). The van der Waals surface area contributed by atoms with Gasteiger partial charge >= 0.3 is 0 Å². The van der Waals surface area contributed by atoms with Gasteiger partial charge in [0.25, 0.3) is 5.56 Å². The molecular weight excluding hydrogens is 578 g/mol. The van der Waals surface area contributed by atoms with Crippen LogP contribution in [0.4, 0.5) is 0 Å². The van der Waals surface area contributed by atoms with E-state index in [4.69, 9.17) is 4.74 Å². The molecule has 2 aromatic carbocycles. The van der Waals surface area contributed by atoms with Crippen LogP contribution in [0, 0.1) is 5.92 Å². The van der Waals surface area contributed by atoms with Crippen molar-refractivity contribution in [3.8, 4) is 5.75 Å². The number of Topliss-reactive ketones (excluding diaryl/α,β-unsaturated/α-hetero) is 1. The second kappa shape index (κ2) is 12.3. The average molecular weight is 619 g/mol.